The van der Waals surface area contributed by atoms with E-state index in [-0.39, 0.29) is 25.7 Å². The Bertz CT molecular complexity index is 1180. The summed E-state index contributed by atoms with van der Waals surface area (Å²) in [6.07, 6.45) is 62.5. The Morgan fingerprint density at radius 3 is 1.46 bits per heavy atom. The Hall–Kier alpha value is -2.06. The van der Waals surface area contributed by atoms with Crippen molar-refractivity contribution in [2.45, 2.75) is 231 Å². The maximum atomic E-state index is 12.8. The molecule has 3 atom stereocenters. The Kier molecular flexibility index (Phi) is 45.8. The summed E-state index contributed by atoms with van der Waals surface area (Å²) in [5, 5.41) is 13.7. The van der Waals surface area contributed by atoms with Crippen molar-refractivity contribution < 1.29 is 28.4 Å². The first-order valence-corrected chi connectivity index (χ1v) is 26.6. The van der Waals surface area contributed by atoms with Crippen molar-refractivity contribution in [2.75, 3.05) is 19.8 Å². The van der Waals surface area contributed by atoms with Gasteiger partial charge in [0.25, 0.3) is 0 Å². The Morgan fingerprint density at radius 2 is 0.967 bits per heavy atom. The van der Waals surface area contributed by atoms with Crippen molar-refractivity contribution in [3.05, 3.63) is 72.9 Å². The number of rotatable bonds is 46. The number of amides is 1. The topological polar surface area (TPSA) is 131 Å². The van der Waals surface area contributed by atoms with E-state index in [2.05, 4.69) is 79.9 Å². The van der Waals surface area contributed by atoms with Crippen LogP contribution in [-0.4, -0.2) is 47.8 Å². The van der Waals surface area contributed by atoms with E-state index in [1.807, 2.05) is 6.08 Å². The van der Waals surface area contributed by atoms with E-state index in [0.717, 1.165) is 70.6 Å². The fourth-order valence-electron chi connectivity index (χ4n) is 7.02. The van der Waals surface area contributed by atoms with Crippen LogP contribution in [0.15, 0.2) is 72.9 Å². The molecule has 0 fully saturated rings. The first-order chi connectivity index (χ1) is 29.9. The lowest BCUT2D eigenvalue weighted by Crippen LogP contribution is -2.45. The van der Waals surface area contributed by atoms with Gasteiger partial charge in [0.2, 0.25) is 5.91 Å². The molecule has 0 bridgehead atoms. The minimum absolute atomic E-state index is 0.0705. The molecule has 0 radical (unpaired) electrons. The third kappa shape index (κ3) is 45.8. The van der Waals surface area contributed by atoms with Gasteiger partial charge in [-0.2, -0.15) is 0 Å². The number of phosphoric ester groups is 1. The second-order valence-corrected chi connectivity index (χ2v) is 18.1. The van der Waals surface area contributed by atoms with E-state index in [9.17, 15) is 19.4 Å². The lowest BCUT2D eigenvalue weighted by Gasteiger charge is -2.23. The summed E-state index contributed by atoms with van der Waals surface area (Å²) in [7, 11) is -4.36. The van der Waals surface area contributed by atoms with Gasteiger partial charge in [-0.15, -0.1) is 0 Å². The molecule has 0 aromatic rings. The molecule has 5 N–H and O–H groups in total. The molecule has 3 unspecified atom stereocenters. The Morgan fingerprint density at radius 1 is 0.557 bits per heavy atom. The van der Waals surface area contributed by atoms with Gasteiger partial charge in [-0.05, 0) is 70.6 Å². The van der Waals surface area contributed by atoms with Gasteiger partial charge in [0, 0.05) is 13.0 Å². The highest BCUT2D eigenvalue weighted by atomic mass is 31.2. The molecule has 0 aliphatic carbocycles. The average molecular weight is 875 g/mol. The highest BCUT2D eigenvalue weighted by Gasteiger charge is 2.26. The van der Waals surface area contributed by atoms with Gasteiger partial charge < -0.3 is 21.1 Å². The van der Waals surface area contributed by atoms with Crippen LogP contribution >= 0.6 is 7.82 Å². The molecule has 0 heterocycles. The summed E-state index contributed by atoms with van der Waals surface area (Å²) in [6.45, 7) is 4.01. The molecule has 0 saturated carbocycles. The molecule has 0 spiro atoms. The lowest BCUT2D eigenvalue weighted by molar-refractivity contribution is -0.123. The van der Waals surface area contributed by atoms with Crippen molar-refractivity contribution >= 4 is 13.7 Å². The Balaban J connectivity index is 4.17. The van der Waals surface area contributed by atoms with E-state index >= 15 is 0 Å². The van der Waals surface area contributed by atoms with E-state index in [1.54, 1.807) is 6.08 Å². The zero-order valence-corrected chi connectivity index (χ0v) is 40.3. The van der Waals surface area contributed by atoms with Gasteiger partial charge >= 0.3 is 7.82 Å². The molecular formula is C52H95N2O6P. The van der Waals surface area contributed by atoms with Crippen LogP contribution in [-0.2, 0) is 18.4 Å². The first-order valence-electron chi connectivity index (χ1n) is 25.1. The predicted octanol–water partition coefficient (Wildman–Crippen LogP) is 14.8. The highest BCUT2D eigenvalue weighted by Crippen LogP contribution is 2.43. The number of hydrogen-bond donors (Lipinski definition) is 4. The standard InChI is InChI=1S/C52H95N2O6P/c1-3-5-7-9-11-13-15-17-19-21-23-24-25-26-28-30-32-34-36-38-40-42-44-46-52(56)54-50(49-60-61(57,58)59-48-47-53)51(55)45-43-41-39-37-35-33-31-29-27-22-20-18-16-14-12-10-8-6-4-2/h5,7,11,13,17,19,23-24,35,37,43,45,50-51,55H,3-4,6,8-10,12,14-16,18,20-22,25-34,36,38-42,44,46-49,53H2,1-2H3,(H,54,56)(H,57,58)/b7-5-,13-11-,19-17-,24-23-,37-35+,45-43+. The molecule has 354 valence electrons. The molecule has 0 aliphatic heterocycles. The van der Waals surface area contributed by atoms with Crippen molar-refractivity contribution in [1.29, 1.82) is 0 Å². The van der Waals surface area contributed by atoms with E-state index in [1.165, 1.54) is 128 Å². The summed E-state index contributed by atoms with van der Waals surface area (Å²) >= 11 is 0. The Labute approximate surface area is 376 Å². The quantitative estimate of drug-likeness (QED) is 0.0272. The summed E-state index contributed by atoms with van der Waals surface area (Å²) in [5.41, 5.74) is 5.39. The monoisotopic (exact) mass is 875 g/mol. The van der Waals surface area contributed by atoms with E-state index in [0.29, 0.717) is 6.42 Å². The second-order valence-electron chi connectivity index (χ2n) is 16.6. The SMILES string of the molecule is CC/C=C\C/C=C\C/C=C\C/C=C\CCCCCCCCCCCCC(=O)NC(COP(=O)(O)OCCN)C(O)/C=C/CC/C=C/CCCCCCCCCCCCCCC. The van der Waals surface area contributed by atoms with Crippen LogP contribution in [0.3, 0.4) is 0 Å². The number of unbranched alkanes of at least 4 members (excludes halogenated alkanes) is 24. The molecule has 0 aliphatic rings. The van der Waals surface area contributed by atoms with Crippen LogP contribution in [0.1, 0.15) is 219 Å². The number of carbonyl (C=O) groups is 1. The molecule has 0 rings (SSSR count). The van der Waals surface area contributed by atoms with Gasteiger partial charge in [0.1, 0.15) is 0 Å². The molecule has 0 saturated heterocycles. The summed E-state index contributed by atoms with van der Waals surface area (Å²) in [5.74, 6) is -0.210. The summed E-state index contributed by atoms with van der Waals surface area (Å²) in [6, 6.07) is -0.884. The number of nitrogens with two attached hydrogens (primary N) is 1. The zero-order chi connectivity index (χ0) is 44.6. The lowest BCUT2D eigenvalue weighted by atomic mass is 10.0. The third-order valence-electron chi connectivity index (χ3n) is 10.8. The van der Waals surface area contributed by atoms with E-state index in [4.69, 9.17) is 14.8 Å². The summed E-state index contributed by atoms with van der Waals surface area (Å²) in [4.78, 5) is 22.8. The zero-order valence-electron chi connectivity index (χ0n) is 39.4. The van der Waals surface area contributed by atoms with Gasteiger partial charge in [-0.1, -0.05) is 215 Å². The largest absolute Gasteiger partial charge is 0.472 e. The average Bonchev–Trinajstić information content (AvgIpc) is 3.25. The van der Waals surface area contributed by atoms with Crippen LogP contribution < -0.4 is 11.1 Å². The number of hydrogen-bond acceptors (Lipinski definition) is 6. The van der Waals surface area contributed by atoms with Crippen molar-refractivity contribution in [3.8, 4) is 0 Å². The van der Waals surface area contributed by atoms with Crippen molar-refractivity contribution in [2.24, 2.45) is 5.73 Å². The van der Waals surface area contributed by atoms with Crippen LogP contribution in [0.2, 0.25) is 0 Å². The maximum absolute atomic E-state index is 12.8. The number of aliphatic hydroxyl groups excluding tert-OH is 1. The van der Waals surface area contributed by atoms with Gasteiger partial charge in [0.05, 0.1) is 25.4 Å². The van der Waals surface area contributed by atoms with Crippen LogP contribution in [0.4, 0.5) is 0 Å². The van der Waals surface area contributed by atoms with Gasteiger partial charge in [-0.3, -0.25) is 13.8 Å². The number of nitrogens with one attached hydrogen (secondary N) is 1. The maximum Gasteiger partial charge on any atom is 0.472 e. The smallest absolute Gasteiger partial charge is 0.387 e. The fourth-order valence-corrected chi connectivity index (χ4v) is 7.78. The number of aliphatic hydroxyl groups is 1. The molecular weight excluding hydrogens is 780 g/mol. The summed E-state index contributed by atoms with van der Waals surface area (Å²) < 4.78 is 22.2. The third-order valence-corrected chi connectivity index (χ3v) is 11.8. The molecule has 61 heavy (non-hydrogen) atoms. The molecule has 0 aromatic carbocycles. The minimum Gasteiger partial charge on any atom is -0.387 e. The van der Waals surface area contributed by atoms with Crippen molar-refractivity contribution in [1.82, 2.24) is 5.32 Å². The molecule has 0 aromatic heterocycles. The minimum atomic E-state index is -4.36. The second kappa shape index (κ2) is 47.4. The highest BCUT2D eigenvalue weighted by molar-refractivity contribution is 7.47. The van der Waals surface area contributed by atoms with E-state index < -0.39 is 20.0 Å². The number of phosphoric acid groups is 1. The molecule has 1 amide bonds. The predicted molar refractivity (Wildman–Crippen MR) is 263 cm³/mol. The van der Waals surface area contributed by atoms with Crippen LogP contribution in [0, 0.1) is 0 Å². The van der Waals surface area contributed by atoms with Gasteiger partial charge in [-0.25, -0.2) is 4.57 Å². The van der Waals surface area contributed by atoms with Crippen molar-refractivity contribution in [3.63, 3.8) is 0 Å². The van der Waals surface area contributed by atoms with Crippen LogP contribution in [0.25, 0.3) is 0 Å². The van der Waals surface area contributed by atoms with Crippen LogP contribution in [0.5, 0.6) is 0 Å². The number of allylic oxidation sites excluding steroid dienone is 11. The number of carbonyl (C=O) groups excluding carboxylic acids is 1. The molecule has 9 heteroatoms. The first kappa shape index (κ1) is 58.9. The molecule has 8 nitrogen and oxygen atoms in total. The normalized spacial score (nSPS) is 14.5. The fraction of sp³-hybridized carbons (Fsp3) is 0.750. The van der Waals surface area contributed by atoms with Gasteiger partial charge in [0.15, 0.2) is 0 Å².